The number of hydrogen-bond acceptors (Lipinski definition) is 3. The number of aromatic amines is 1. The van der Waals surface area contributed by atoms with Crippen LogP contribution in [-0.4, -0.2) is 21.1 Å². The maximum absolute atomic E-state index is 12.0. The van der Waals surface area contributed by atoms with Crippen molar-refractivity contribution in [3.63, 3.8) is 0 Å². The number of hydrogen-bond donors (Lipinski definition) is 2. The summed E-state index contributed by atoms with van der Waals surface area (Å²) in [5, 5.41) is 9.57. The third-order valence-electron chi connectivity index (χ3n) is 2.52. The van der Waals surface area contributed by atoms with Crippen molar-refractivity contribution >= 4 is 11.6 Å². The molecule has 2 N–H and O–H groups in total. The Balaban J connectivity index is 2.20. The van der Waals surface area contributed by atoms with Crippen LogP contribution >= 0.6 is 0 Å². The number of rotatable bonds is 2. The summed E-state index contributed by atoms with van der Waals surface area (Å²) in [7, 11) is 0. The smallest absolute Gasteiger partial charge is 0.259 e. The molecular weight excluding hydrogens is 216 g/mol. The van der Waals surface area contributed by atoms with Crippen molar-refractivity contribution in [2.75, 3.05) is 5.32 Å². The molecule has 0 aliphatic carbocycles. The minimum absolute atomic E-state index is 0.167. The Hall–Kier alpha value is -2.17. The molecule has 5 heteroatoms. The van der Waals surface area contributed by atoms with Gasteiger partial charge in [0, 0.05) is 11.4 Å². The Morgan fingerprint density at radius 3 is 2.59 bits per heavy atom. The van der Waals surface area contributed by atoms with Gasteiger partial charge < -0.3 is 5.32 Å². The normalized spacial score (nSPS) is 10.3. The maximum atomic E-state index is 12.0. The Kier molecular flexibility index (Phi) is 2.91. The number of amides is 1. The summed E-state index contributed by atoms with van der Waals surface area (Å²) >= 11 is 0. The third kappa shape index (κ3) is 2.33. The van der Waals surface area contributed by atoms with E-state index >= 15 is 0 Å². The molecule has 17 heavy (non-hydrogen) atoms. The fourth-order valence-electron chi connectivity index (χ4n) is 1.62. The molecule has 0 saturated heterocycles. The lowest BCUT2D eigenvalue weighted by atomic mass is 10.2. The number of carbonyl (C=O) groups excluding carboxylic acids is 1. The van der Waals surface area contributed by atoms with E-state index in [4.69, 9.17) is 0 Å². The van der Waals surface area contributed by atoms with Crippen LogP contribution in [0.5, 0.6) is 0 Å². The highest BCUT2D eigenvalue weighted by Crippen LogP contribution is 2.13. The average molecular weight is 230 g/mol. The van der Waals surface area contributed by atoms with Crippen LogP contribution in [0.1, 0.15) is 27.4 Å². The second-order valence-electron chi connectivity index (χ2n) is 3.95. The molecule has 0 radical (unpaired) electrons. The number of aromatic nitrogens is 3. The standard InChI is InChI=1S/C12H14N4O/c1-7-4-5-10(6-13-7)14-12(17)11-8(2)15-16-9(11)3/h4-6H,1-3H3,(H,14,17)(H,15,16). The quantitative estimate of drug-likeness (QED) is 0.828. The van der Waals surface area contributed by atoms with Gasteiger partial charge in [-0.2, -0.15) is 5.10 Å². The number of anilines is 1. The zero-order valence-corrected chi connectivity index (χ0v) is 10.0. The van der Waals surface area contributed by atoms with Crippen LogP contribution in [0, 0.1) is 20.8 Å². The average Bonchev–Trinajstić information content (AvgIpc) is 2.62. The highest BCUT2D eigenvalue weighted by Gasteiger charge is 2.15. The molecule has 5 nitrogen and oxygen atoms in total. The molecule has 0 unspecified atom stereocenters. The van der Waals surface area contributed by atoms with E-state index in [9.17, 15) is 4.79 Å². The van der Waals surface area contributed by atoms with Crippen LogP contribution < -0.4 is 5.32 Å². The van der Waals surface area contributed by atoms with Gasteiger partial charge in [0.15, 0.2) is 0 Å². The predicted octanol–water partition coefficient (Wildman–Crippen LogP) is 1.98. The van der Waals surface area contributed by atoms with E-state index in [0.717, 1.165) is 11.4 Å². The minimum Gasteiger partial charge on any atom is -0.320 e. The first-order valence-electron chi connectivity index (χ1n) is 5.33. The Labute approximate surface area is 99.3 Å². The number of aryl methyl sites for hydroxylation is 3. The SMILES string of the molecule is Cc1ccc(NC(=O)c2c(C)n[nH]c2C)cn1. The van der Waals surface area contributed by atoms with Crippen LogP contribution in [0.2, 0.25) is 0 Å². The van der Waals surface area contributed by atoms with Crippen molar-refractivity contribution in [2.24, 2.45) is 0 Å². The molecule has 2 aromatic heterocycles. The molecule has 0 spiro atoms. The van der Waals surface area contributed by atoms with Crippen LogP contribution in [0.4, 0.5) is 5.69 Å². The molecule has 2 aromatic rings. The Morgan fingerprint density at radius 1 is 1.29 bits per heavy atom. The van der Waals surface area contributed by atoms with E-state index in [1.165, 1.54) is 0 Å². The molecule has 0 fully saturated rings. The van der Waals surface area contributed by atoms with Gasteiger partial charge in [0.2, 0.25) is 0 Å². The molecule has 2 rings (SSSR count). The Bertz CT molecular complexity index is 523. The molecular formula is C12H14N4O. The molecule has 0 saturated carbocycles. The fraction of sp³-hybridized carbons (Fsp3) is 0.250. The predicted molar refractivity (Wildman–Crippen MR) is 65.0 cm³/mol. The summed E-state index contributed by atoms with van der Waals surface area (Å²) < 4.78 is 0. The number of nitrogens with zero attached hydrogens (tertiary/aromatic N) is 2. The van der Waals surface area contributed by atoms with Gasteiger partial charge in [0.25, 0.3) is 5.91 Å². The van der Waals surface area contributed by atoms with E-state index in [1.807, 2.05) is 26.0 Å². The lowest BCUT2D eigenvalue weighted by Crippen LogP contribution is -2.13. The first-order chi connectivity index (χ1) is 8.08. The number of H-pyrrole nitrogens is 1. The van der Waals surface area contributed by atoms with Crippen molar-refractivity contribution in [3.05, 3.63) is 41.0 Å². The van der Waals surface area contributed by atoms with E-state index in [0.29, 0.717) is 16.9 Å². The van der Waals surface area contributed by atoms with E-state index in [-0.39, 0.29) is 5.91 Å². The second kappa shape index (κ2) is 4.37. The molecule has 0 bridgehead atoms. The van der Waals surface area contributed by atoms with Crippen LogP contribution in [0.3, 0.4) is 0 Å². The van der Waals surface area contributed by atoms with Gasteiger partial charge in [-0.1, -0.05) is 0 Å². The maximum Gasteiger partial charge on any atom is 0.259 e. The lowest BCUT2D eigenvalue weighted by Gasteiger charge is -2.04. The van der Waals surface area contributed by atoms with E-state index in [2.05, 4.69) is 20.5 Å². The summed E-state index contributed by atoms with van der Waals surface area (Å²) in [6.07, 6.45) is 1.64. The topological polar surface area (TPSA) is 70.7 Å². The molecule has 88 valence electrons. The monoisotopic (exact) mass is 230 g/mol. The zero-order valence-electron chi connectivity index (χ0n) is 10.0. The van der Waals surface area contributed by atoms with Gasteiger partial charge in [-0.25, -0.2) is 0 Å². The Morgan fingerprint density at radius 2 is 2.06 bits per heavy atom. The summed E-state index contributed by atoms with van der Waals surface area (Å²) in [4.78, 5) is 16.1. The van der Waals surface area contributed by atoms with Crippen molar-refractivity contribution < 1.29 is 4.79 Å². The minimum atomic E-state index is -0.167. The number of pyridine rings is 1. The molecule has 0 aliphatic heterocycles. The highest BCUT2D eigenvalue weighted by atomic mass is 16.1. The summed E-state index contributed by atoms with van der Waals surface area (Å²) in [5.74, 6) is -0.167. The molecule has 0 aromatic carbocycles. The van der Waals surface area contributed by atoms with Gasteiger partial charge in [-0.15, -0.1) is 0 Å². The molecule has 2 heterocycles. The van der Waals surface area contributed by atoms with Gasteiger partial charge >= 0.3 is 0 Å². The molecule has 1 amide bonds. The van der Waals surface area contributed by atoms with Gasteiger partial charge in [0.1, 0.15) is 0 Å². The first kappa shape index (κ1) is 11.3. The van der Waals surface area contributed by atoms with Crippen molar-refractivity contribution in [1.82, 2.24) is 15.2 Å². The van der Waals surface area contributed by atoms with Crippen molar-refractivity contribution in [2.45, 2.75) is 20.8 Å². The van der Waals surface area contributed by atoms with E-state index in [1.54, 1.807) is 13.1 Å². The second-order valence-corrected chi connectivity index (χ2v) is 3.95. The summed E-state index contributed by atoms with van der Waals surface area (Å²) in [6.45, 7) is 5.52. The molecule has 0 aliphatic rings. The summed E-state index contributed by atoms with van der Waals surface area (Å²) in [5.41, 5.74) is 3.64. The van der Waals surface area contributed by atoms with Gasteiger partial charge in [-0.05, 0) is 32.9 Å². The molecule has 0 atom stereocenters. The summed E-state index contributed by atoms with van der Waals surface area (Å²) in [6, 6.07) is 3.68. The largest absolute Gasteiger partial charge is 0.320 e. The van der Waals surface area contributed by atoms with Crippen LogP contribution in [-0.2, 0) is 0 Å². The zero-order chi connectivity index (χ0) is 12.4. The van der Waals surface area contributed by atoms with Crippen molar-refractivity contribution in [1.29, 1.82) is 0 Å². The number of carbonyl (C=O) groups is 1. The van der Waals surface area contributed by atoms with Gasteiger partial charge in [-0.3, -0.25) is 14.9 Å². The first-order valence-corrected chi connectivity index (χ1v) is 5.33. The fourth-order valence-corrected chi connectivity index (χ4v) is 1.62. The van der Waals surface area contributed by atoms with Gasteiger partial charge in [0.05, 0.1) is 23.1 Å². The van der Waals surface area contributed by atoms with E-state index < -0.39 is 0 Å². The lowest BCUT2D eigenvalue weighted by molar-refractivity contribution is 0.102. The highest BCUT2D eigenvalue weighted by molar-refractivity contribution is 6.05. The van der Waals surface area contributed by atoms with Crippen LogP contribution in [0.15, 0.2) is 18.3 Å². The van der Waals surface area contributed by atoms with Crippen LogP contribution in [0.25, 0.3) is 0 Å². The third-order valence-corrected chi connectivity index (χ3v) is 2.52. The number of nitrogens with one attached hydrogen (secondary N) is 2. The van der Waals surface area contributed by atoms with Crippen molar-refractivity contribution in [3.8, 4) is 0 Å².